The van der Waals surface area contributed by atoms with Gasteiger partial charge in [-0.15, -0.1) is 11.6 Å². The zero-order chi connectivity index (χ0) is 14.0. The van der Waals surface area contributed by atoms with Crippen LogP contribution in [0.4, 0.5) is 4.39 Å². The highest BCUT2D eigenvalue weighted by Crippen LogP contribution is 2.24. The Bertz CT molecular complexity index is 486. The Morgan fingerprint density at radius 2 is 2.37 bits per heavy atom. The van der Waals surface area contributed by atoms with E-state index in [1.54, 1.807) is 11.0 Å². The van der Waals surface area contributed by atoms with Crippen LogP contribution in [-0.2, 0) is 4.74 Å². The van der Waals surface area contributed by atoms with Crippen LogP contribution in [0.15, 0.2) is 22.7 Å². The fourth-order valence-corrected chi connectivity index (χ4v) is 2.64. The topological polar surface area (TPSA) is 29.5 Å². The van der Waals surface area contributed by atoms with Crippen LogP contribution in [0.2, 0.25) is 0 Å². The summed E-state index contributed by atoms with van der Waals surface area (Å²) >= 11 is 8.89. The van der Waals surface area contributed by atoms with E-state index in [-0.39, 0.29) is 22.5 Å². The van der Waals surface area contributed by atoms with Crippen LogP contribution in [-0.4, -0.2) is 42.0 Å². The summed E-state index contributed by atoms with van der Waals surface area (Å²) in [5.74, 6) is -0.321. The van der Waals surface area contributed by atoms with E-state index in [0.29, 0.717) is 24.6 Å². The van der Waals surface area contributed by atoms with E-state index < -0.39 is 5.82 Å². The minimum Gasteiger partial charge on any atom is -0.373 e. The second-order valence-electron chi connectivity index (χ2n) is 4.52. The third-order valence-electron chi connectivity index (χ3n) is 3.12. The van der Waals surface area contributed by atoms with Gasteiger partial charge in [-0.05, 0) is 35.0 Å². The van der Waals surface area contributed by atoms with Crippen molar-refractivity contribution in [3.63, 3.8) is 0 Å². The number of halogens is 3. The fourth-order valence-electron chi connectivity index (χ4n) is 2.02. The number of hydrogen-bond donors (Lipinski definition) is 0. The molecule has 0 aliphatic carbocycles. The van der Waals surface area contributed by atoms with Gasteiger partial charge in [0.15, 0.2) is 0 Å². The van der Waals surface area contributed by atoms with E-state index in [1.165, 1.54) is 12.1 Å². The number of alkyl halides is 1. The molecular formula is C13H14BrClFNO2. The molecule has 19 heavy (non-hydrogen) atoms. The Hall–Kier alpha value is -0.650. The lowest BCUT2D eigenvalue weighted by molar-refractivity contribution is -0.0372. The zero-order valence-electron chi connectivity index (χ0n) is 10.4. The van der Waals surface area contributed by atoms with Gasteiger partial charge in [0.1, 0.15) is 5.82 Å². The highest BCUT2D eigenvalue weighted by Gasteiger charge is 2.31. The van der Waals surface area contributed by atoms with E-state index in [1.807, 2.05) is 6.92 Å². The van der Waals surface area contributed by atoms with Gasteiger partial charge in [0.05, 0.1) is 34.7 Å². The molecule has 3 nitrogen and oxygen atoms in total. The quantitative estimate of drug-likeness (QED) is 0.767. The standard InChI is InChI=1S/C13H14BrClFNO2/c1-8-7-19-9(5-15)6-17(8)13(18)10-3-2-4-11(16)12(10)14/h2-4,8-9H,5-7H2,1H3. The van der Waals surface area contributed by atoms with Gasteiger partial charge in [-0.25, -0.2) is 4.39 Å². The molecule has 2 rings (SSSR count). The average Bonchev–Trinajstić information content (AvgIpc) is 2.42. The Balaban J connectivity index is 2.24. The Labute approximate surface area is 124 Å². The molecule has 0 radical (unpaired) electrons. The number of amides is 1. The van der Waals surface area contributed by atoms with Crippen molar-refractivity contribution < 1.29 is 13.9 Å². The first-order valence-electron chi connectivity index (χ1n) is 5.97. The van der Waals surface area contributed by atoms with Gasteiger partial charge in [0.25, 0.3) is 5.91 Å². The predicted molar refractivity (Wildman–Crippen MR) is 75.1 cm³/mol. The van der Waals surface area contributed by atoms with Gasteiger partial charge in [0, 0.05) is 6.54 Å². The van der Waals surface area contributed by atoms with E-state index >= 15 is 0 Å². The van der Waals surface area contributed by atoms with Crippen molar-refractivity contribution in [1.82, 2.24) is 4.90 Å². The van der Waals surface area contributed by atoms with Crippen molar-refractivity contribution >= 4 is 33.4 Å². The third kappa shape index (κ3) is 3.09. The van der Waals surface area contributed by atoms with Gasteiger partial charge in [-0.2, -0.15) is 0 Å². The summed E-state index contributed by atoms with van der Waals surface area (Å²) in [6.07, 6.45) is -0.172. The Kier molecular flexibility index (Phi) is 4.81. The number of hydrogen-bond acceptors (Lipinski definition) is 2. The van der Waals surface area contributed by atoms with Crippen molar-refractivity contribution in [3.8, 4) is 0 Å². The molecular weight excluding hydrogens is 337 g/mol. The Morgan fingerprint density at radius 3 is 3.05 bits per heavy atom. The van der Waals surface area contributed by atoms with Gasteiger partial charge in [0.2, 0.25) is 0 Å². The van der Waals surface area contributed by atoms with E-state index in [4.69, 9.17) is 16.3 Å². The highest BCUT2D eigenvalue weighted by molar-refractivity contribution is 9.10. The lowest BCUT2D eigenvalue weighted by Gasteiger charge is -2.37. The monoisotopic (exact) mass is 349 g/mol. The van der Waals surface area contributed by atoms with Crippen LogP contribution in [0.1, 0.15) is 17.3 Å². The second-order valence-corrected chi connectivity index (χ2v) is 5.62. The molecule has 0 spiro atoms. The zero-order valence-corrected chi connectivity index (χ0v) is 12.7. The summed E-state index contributed by atoms with van der Waals surface area (Å²) < 4.78 is 19.2. The lowest BCUT2D eigenvalue weighted by Crippen LogP contribution is -2.51. The van der Waals surface area contributed by atoms with Gasteiger partial charge < -0.3 is 9.64 Å². The molecule has 1 aliphatic heterocycles. The molecule has 0 saturated carbocycles. The molecule has 1 saturated heterocycles. The fraction of sp³-hybridized carbons (Fsp3) is 0.462. The molecule has 0 aromatic heterocycles. The first-order valence-corrected chi connectivity index (χ1v) is 7.30. The molecule has 0 bridgehead atoms. The maximum absolute atomic E-state index is 13.5. The molecule has 2 unspecified atom stereocenters. The molecule has 6 heteroatoms. The molecule has 1 amide bonds. The molecule has 1 aliphatic rings. The van der Waals surface area contributed by atoms with Crippen LogP contribution in [0.3, 0.4) is 0 Å². The number of ether oxygens (including phenoxy) is 1. The van der Waals surface area contributed by atoms with Gasteiger partial charge >= 0.3 is 0 Å². The summed E-state index contributed by atoms with van der Waals surface area (Å²) in [6, 6.07) is 4.39. The maximum atomic E-state index is 13.5. The number of benzene rings is 1. The number of carbonyl (C=O) groups excluding carboxylic acids is 1. The van der Waals surface area contributed by atoms with E-state index in [9.17, 15) is 9.18 Å². The van der Waals surface area contributed by atoms with Crippen molar-refractivity contribution in [1.29, 1.82) is 0 Å². The van der Waals surface area contributed by atoms with Crippen molar-refractivity contribution in [3.05, 3.63) is 34.1 Å². The number of morpholine rings is 1. The van der Waals surface area contributed by atoms with Crippen LogP contribution in [0, 0.1) is 5.82 Å². The number of carbonyl (C=O) groups is 1. The number of rotatable bonds is 2. The van der Waals surface area contributed by atoms with Crippen LogP contribution >= 0.6 is 27.5 Å². The molecule has 0 N–H and O–H groups in total. The summed E-state index contributed by atoms with van der Waals surface area (Å²) in [5.41, 5.74) is 0.321. The molecule has 104 valence electrons. The van der Waals surface area contributed by atoms with Gasteiger partial charge in [-0.3, -0.25) is 4.79 Å². The van der Waals surface area contributed by atoms with E-state index in [2.05, 4.69) is 15.9 Å². The maximum Gasteiger partial charge on any atom is 0.255 e. The van der Waals surface area contributed by atoms with E-state index in [0.717, 1.165) is 0 Å². The highest BCUT2D eigenvalue weighted by atomic mass is 79.9. The van der Waals surface area contributed by atoms with Crippen LogP contribution in [0.5, 0.6) is 0 Å². The summed E-state index contributed by atoms with van der Waals surface area (Å²) in [4.78, 5) is 14.2. The minimum atomic E-state index is -0.444. The predicted octanol–water partition coefficient (Wildman–Crippen LogP) is 3.06. The Morgan fingerprint density at radius 1 is 1.63 bits per heavy atom. The summed E-state index contributed by atoms with van der Waals surface area (Å²) in [7, 11) is 0. The molecule has 2 atom stereocenters. The van der Waals surface area contributed by atoms with Crippen molar-refractivity contribution in [2.24, 2.45) is 0 Å². The average molecular weight is 351 g/mol. The first kappa shape index (κ1) is 14.8. The van der Waals surface area contributed by atoms with Crippen molar-refractivity contribution in [2.45, 2.75) is 19.1 Å². The second kappa shape index (κ2) is 6.20. The van der Waals surface area contributed by atoms with Crippen LogP contribution in [0.25, 0.3) is 0 Å². The minimum absolute atomic E-state index is 0.0536. The molecule has 1 aromatic carbocycles. The van der Waals surface area contributed by atoms with Crippen molar-refractivity contribution in [2.75, 3.05) is 19.0 Å². The largest absolute Gasteiger partial charge is 0.373 e. The molecule has 1 aromatic rings. The van der Waals surface area contributed by atoms with Crippen LogP contribution < -0.4 is 0 Å². The third-order valence-corrected chi connectivity index (χ3v) is 4.27. The smallest absolute Gasteiger partial charge is 0.255 e. The first-order chi connectivity index (χ1) is 9.04. The van der Waals surface area contributed by atoms with Gasteiger partial charge in [-0.1, -0.05) is 6.07 Å². The normalized spacial score (nSPS) is 23.5. The SMILES string of the molecule is CC1COC(CCl)CN1C(=O)c1cccc(F)c1Br. The lowest BCUT2D eigenvalue weighted by atomic mass is 10.1. The molecule has 1 fully saturated rings. The summed E-state index contributed by atoms with van der Waals surface area (Å²) in [5, 5.41) is 0. The molecule has 1 heterocycles. The number of nitrogens with zero attached hydrogens (tertiary/aromatic N) is 1. The summed E-state index contributed by atoms with van der Waals surface area (Å²) in [6.45, 7) is 2.76.